The summed E-state index contributed by atoms with van der Waals surface area (Å²) in [5.74, 6) is 4.12. The number of aromatic carboxylic acids is 1. The van der Waals surface area contributed by atoms with E-state index in [4.69, 9.17) is 9.84 Å². The van der Waals surface area contributed by atoms with E-state index in [-0.39, 0.29) is 17.3 Å². The van der Waals surface area contributed by atoms with Gasteiger partial charge in [0.25, 0.3) is 0 Å². The zero-order valence-corrected chi connectivity index (χ0v) is 10.4. The minimum Gasteiger partial charge on any atom is -0.477 e. The topological polar surface area (TPSA) is 63.6 Å². The predicted octanol–water partition coefficient (Wildman–Crippen LogP) is 2.06. The van der Waals surface area contributed by atoms with Gasteiger partial charge in [-0.15, -0.1) is 11.3 Å². The number of thiophene rings is 1. The van der Waals surface area contributed by atoms with Gasteiger partial charge in [0, 0.05) is 0 Å². The van der Waals surface area contributed by atoms with Crippen molar-refractivity contribution in [3.63, 3.8) is 0 Å². The summed E-state index contributed by atoms with van der Waals surface area (Å²) in [4.78, 5) is 22.7. The fraction of sp³-hybridized carbons (Fsp3) is 0.333. The monoisotopic (exact) mass is 252 g/mol. The number of rotatable bonds is 3. The van der Waals surface area contributed by atoms with E-state index in [0.717, 1.165) is 16.9 Å². The van der Waals surface area contributed by atoms with Gasteiger partial charge in [-0.25, -0.2) is 4.79 Å². The summed E-state index contributed by atoms with van der Waals surface area (Å²) in [6.45, 7) is 3.85. The fourth-order valence-electron chi connectivity index (χ4n) is 1.12. The van der Waals surface area contributed by atoms with Crippen molar-refractivity contribution in [2.75, 3.05) is 6.61 Å². The molecule has 0 fully saturated rings. The van der Waals surface area contributed by atoms with Gasteiger partial charge < -0.3 is 9.84 Å². The highest BCUT2D eigenvalue weighted by atomic mass is 32.1. The Morgan fingerprint density at radius 3 is 2.76 bits per heavy atom. The van der Waals surface area contributed by atoms with Crippen molar-refractivity contribution in [3.05, 3.63) is 21.4 Å². The maximum absolute atomic E-state index is 11.0. The predicted molar refractivity (Wildman–Crippen MR) is 64.1 cm³/mol. The Morgan fingerprint density at radius 2 is 2.24 bits per heavy atom. The molecule has 0 saturated heterocycles. The number of carbonyl (C=O) groups is 2. The van der Waals surface area contributed by atoms with E-state index in [9.17, 15) is 9.59 Å². The summed E-state index contributed by atoms with van der Waals surface area (Å²) in [6.07, 6.45) is 0.0214. The second-order valence-electron chi connectivity index (χ2n) is 3.21. The Hall–Kier alpha value is -1.80. The lowest BCUT2D eigenvalue weighted by Crippen LogP contribution is -2.01. The zero-order chi connectivity index (χ0) is 12.8. The van der Waals surface area contributed by atoms with Crippen LogP contribution in [0.1, 0.15) is 33.5 Å². The number of aryl methyl sites for hydroxylation is 1. The van der Waals surface area contributed by atoms with Crippen LogP contribution >= 0.6 is 11.3 Å². The number of carboxylic acids is 1. The molecule has 1 heterocycles. The quantitative estimate of drug-likeness (QED) is 0.660. The zero-order valence-electron chi connectivity index (χ0n) is 9.57. The smallest absolute Gasteiger partial charge is 0.345 e. The lowest BCUT2D eigenvalue weighted by atomic mass is 10.2. The van der Waals surface area contributed by atoms with E-state index in [1.807, 2.05) is 0 Å². The normalized spacial score (nSPS) is 9.29. The van der Waals surface area contributed by atoms with Crippen molar-refractivity contribution in [2.45, 2.75) is 20.3 Å². The highest BCUT2D eigenvalue weighted by Gasteiger charge is 2.09. The molecule has 1 aromatic rings. The first-order chi connectivity index (χ1) is 8.04. The van der Waals surface area contributed by atoms with E-state index >= 15 is 0 Å². The van der Waals surface area contributed by atoms with Crippen molar-refractivity contribution in [2.24, 2.45) is 0 Å². The maximum atomic E-state index is 11.0. The summed E-state index contributed by atoms with van der Waals surface area (Å²) in [6, 6.07) is 1.57. The van der Waals surface area contributed by atoms with Gasteiger partial charge in [-0.1, -0.05) is 11.8 Å². The largest absolute Gasteiger partial charge is 0.477 e. The number of hydrogen-bond donors (Lipinski definition) is 1. The van der Waals surface area contributed by atoms with Crippen LogP contribution < -0.4 is 0 Å². The van der Waals surface area contributed by atoms with Gasteiger partial charge in [0.1, 0.15) is 11.3 Å². The van der Waals surface area contributed by atoms with Crippen LogP contribution in [0.25, 0.3) is 0 Å². The van der Waals surface area contributed by atoms with Gasteiger partial charge in [0.15, 0.2) is 0 Å². The minimum atomic E-state index is -0.962. The van der Waals surface area contributed by atoms with Crippen LogP contribution in [0.3, 0.4) is 0 Å². The molecule has 0 bridgehead atoms. The van der Waals surface area contributed by atoms with Gasteiger partial charge in [-0.05, 0) is 25.5 Å². The highest BCUT2D eigenvalue weighted by molar-refractivity contribution is 7.14. The standard InChI is InChI=1S/C12H12O4S/c1-3-16-11(13)6-4-5-9-8(2)7-10(17-9)12(14)15/h7H,3,6H2,1-2H3,(H,14,15). The van der Waals surface area contributed by atoms with Gasteiger partial charge >= 0.3 is 11.9 Å². The van der Waals surface area contributed by atoms with Crippen molar-refractivity contribution >= 4 is 23.3 Å². The average Bonchev–Trinajstić information content (AvgIpc) is 2.61. The molecule has 0 aliphatic rings. The third-order valence-corrected chi connectivity index (χ3v) is 3.01. The molecule has 90 valence electrons. The lowest BCUT2D eigenvalue weighted by Gasteiger charge is -1.94. The average molecular weight is 252 g/mol. The fourth-order valence-corrected chi connectivity index (χ4v) is 2.01. The molecule has 1 rings (SSSR count). The summed E-state index contributed by atoms with van der Waals surface area (Å²) in [5.41, 5.74) is 0.809. The summed E-state index contributed by atoms with van der Waals surface area (Å²) >= 11 is 1.11. The molecule has 0 unspecified atom stereocenters. The molecule has 5 heteroatoms. The molecule has 4 nitrogen and oxygen atoms in total. The number of carboxylic acid groups (broad SMARTS) is 1. The summed E-state index contributed by atoms with van der Waals surface area (Å²) in [5, 5.41) is 8.79. The number of ether oxygens (including phenoxy) is 1. The first kappa shape index (κ1) is 13.3. The molecule has 0 aliphatic carbocycles. The summed E-state index contributed by atoms with van der Waals surface area (Å²) in [7, 11) is 0. The van der Waals surface area contributed by atoms with Crippen LogP contribution in [-0.2, 0) is 9.53 Å². The molecule has 0 amide bonds. The van der Waals surface area contributed by atoms with Crippen LogP contribution in [0.15, 0.2) is 6.07 Å². The van der Waals surface area contributed by atoms with Crippen LogP contribution in [0, 0.1) is 18.8 Å². The Balaban J connectivity index is 2.72. The molecule has 0 aromatic carbocycles. The highest BCUT2D eigenvalue weighted by Crippen LogP contribution is 2.20. The molecule has 0 saturated carbocycles. The van der Waals surface area contributed by atoms with Crippen molar-refractivity contribution in [1.29, 1.82) is 0 Å². The summed E-state index contributed by atoms with van der Waals surface area (Å²) < 4.78 is 4.72. The molecule has 0 aliphatic heterocycles. The third-order valence-electron chi connectivity index (χ3n) is 1.87. The Morgan fingerprint density at radius 1 is 1.53 bits per heavy atom. The Bertz CT molecular complexity index is 490. The van der Waals surface area contributed by atoms with E-state index in [1.54, 1.807) is 19.9 Å². The van der Waals surface area contributed by atoms with Crippen molar-refractivity contribution in [3.8, 4) is 11.8 Å². The first-order valence-corrected chi connectivity index (χ1v) is 5.84. The van der Waals surface area contributed by atoms with Crippen LogP contribution in [0.4, 0.5) is 0 Å². The van der Waals surface area contributed by atoms with Gasteiger partial charge in [0.05, 0.1) is 11.5 Å². The lowest BCUT2D eigenvalue weighted by molar-refractivity contribution is -0.141. The minimum absolute atomic E-state index is 0.0214. The Labute approximate surface area is 103 Å². The number of carbonyl (C=O) groups excluding carboxylic acids is 1. The van der Waals surface area contributed by atoms with E-state index in [1.165, 1.54) is 0 Å². The molecular formula is C12H12O4S. The molecule has 17 heavy (non-hydrogen) atoms. The van der Waals surface area contributed by atoms with E-state index in [2.05, 4.69) is 11.8 Å². The Kier molecular flexibility index (Phi) is 4.73. The molecule has 1 aromatic heterocycles. The number of hydrogen-bond acceptors (Lipinski definition) is 4. The maximum Gasteiger partial charge on any atom is 0.345 e. The van der Waals surface area contributed by atoms with E-state index < -0.39 is 5.97 Å². The second-order valence-corrected chi connectivity index (χ2v) is 4.26. The van der Waals surface area contributed by atoms with Gasteiger partial charge in [0.2, 0.25) is 0 Å². The SMILES string of the molecule is CCOC(=O)CC#Cc1sc(C(=O)O)cc1C. The molecular weight excluding hydrogens is 240 g/mol. The van der Waals surface area contributed by atoms with Gasteiger partial charge in [-0.3, -0.25) is 4.79 Å². The van der Waals surface area contributed by atoms with Crippen molar-refractivity contribution in [1.82, 2.24) is 0 Å². The molecule has 0 atom stereocenters. The number of esters is 1. The molecule has 1 N–H and O–H groups in total. The first-order valence-electron chi connectivity index (χ1n) is 5.02. The molecule has 0 spiro atoms. The second kappa shape index (κ2) is 6.06. The van der Waals surface area contributed by atoms with Crippen LogP contribution in [0.5, 0.6) is 0 Å². The van der Waals surface area contributed by atoms with Gasteiger partial charge in [-0.2, -0.15) is 0 Å². The van der Waals surface area contributed by atoms with Crippen LogP contribution in [-0.4, -0.2) is 23.7 Å². The molecule has 0 radical (unpaired) electrons. The third kappa shape index (κ3) is 3.93. The van der Waals surface area contributed by atoms with Crippen LogP contribution in [0.2, 0.25) is 0 Å². The van der Waals surface area contributed by atoms with E-state index in [0.29, 0.717) is 11.5 Å². The van der Waals surface area contributed by atoms with Crippen molar-refractivity contribution < 1.29 is 19.4 Å².